The molecule has 3 heterocycles. The summed E-state index contributed by atoms with van der Waals surface area (Å²) in [4.78, 5) is 32.1. The highest BCUT2D eigenvalue weighted by Crippen LogP contribution is 2.33. The van der Waals surface area contributed by atoms with E-state index in [9.17, 15) is 9.59 Å². The summed E-state index contributed by atoms with van der Waals surface area (Å²) in [5, 5.41) is 9.11. The fraction of sp³-hybridized carbons (Fsp3) is 0.550. The van der Waals surface area contributed by atoms with Crippen molar-refractivity contribution in [2.45, 2.75) is 52.4 Å². The first-order valence-electron chi connectivity index (χ1n) is 9.92. The summed E-state index contributed by atoms with van der Waals surface area (Å²) in [6.45, 7) is 8.56. The Morgan fingerprint density at radius 2 is 1.97 bits per heavy atom. The SMILES string of the molecule is Cc1cc(NC(=O)C2CC2)sc1C(=O)Nc1nc(CN2CC(C)OC(C)C2)cs1. The number of thiophene rings is 1. The lowest BCUT2D eigenvalue weighted by Gasteiger charge is -2.34. The van der Waals surface area contributed by atoms with E-state index in [2.05, 4.69) is 34.4 Å². The van der Waals surface area contributed by atoms with Gasteiger partial charge in [0.25, 0.3) is 5.91 Å². The lowest BCUT2D eigenvalue weighted by molar-refractivity contribution is -0.117. The molecule has 9 heteroatoms. The van der Waals surface area contributed by atoms with Gasteiger partial charge in [-0.25, -0.2) is 4.98 Å². The molecule has 156 valence electrons. The largest absolute Gasteiger partial charge is 0.373 e. The zero-order valence-electron chi connectivity index (χ0n) is 16.9. The molecule has 2 unspecified atom stereocenters. The molecular weight excluding hydrogens is 408 g/mol. The van der Waals surface area contributed by atoms with Crippen LogP contribution in [0.25, 0.3) is 0 Å². The van der Waals surface area contributed by atoms with Crippen LogP contribution in [-0.4, -0.2) is 47.0 Å². The van der Waals surface area contributed by atoms with Gasteiger partial charge in [-0.1, -0.05) is 0 Å². The van der Waals surface area contributed by atoms with Gasteiger partial charge in [0.1, 0.15) is 0 Å². The van der Waals surface area contributed by atoms with Gasteiger partial charge in [0, 0.05) is 30.9 Å². The molecule has 1 saturated heterocycles. The Bertz CT molecular complexity index is 895. The van der Waals surface area contributed by atoms with E-state index in [1.165, 1.54) is 22.7 Å². The number of hydrogen-bond donors (Lipinski definition) is 2. The van der Waals surface area contributed by atoms with Crippen LogP contribution in [0.2, 0.25) is 0 Å². The molecule has 2 aromatic heterocycles. The van der Waals surface area contributed by atoms with Gasteiger partial charge in [-0.15, -0.1) is 22.7 Å². The number of morpholine rings is 1. The van der Waals surface area contributed by atoms with Crippen molar-refractivity contribution in [2.24, 2.45) is 5.92 Å². The van der Waals surface area contributed by atoms with Gasteiger partial charge in [-0.2, -0.15) is 0 Å². The fourth-order valence-electron chi connectivity index (χ4n) is 3.57. The van der Waals surface area contributed by atoms with E-state index in [-0.39, 0.29) is 29.9 Å². The van der Waals surface area contributed by atoms with Gasteiger partial charge in [0.2, 0.25) is 5.91 Å². The van der Waals surface area contributed by atoms with Crippen LogP contribution < -0.4 is 10.6 Å². The van der Waals surface area contributed by atoms with Crippen molar-refractivity contribution in [2.75, 3.05) is 23.7 Å². The second-order valence-electron chi connectivity index (χ2n) is 7.94. The maximum Gasteiger partial charge on any atom is 0.267 e. The zero-order valence-corrected chi connectivity index (χ0v) is 18.5. The van der Waals surface area contributed by atoms with Crippen molar-refractivity contribution in [1.29, 1.82) is 0 Å². The molecule has 4 rings (SSSR count). The minimum atomic E-state index is -0.186. The number of anilines is 2. The Hall–Kier alpha value is -1.81. The summed E-state index contributed by atoms with van der Waals surface area (Å²) in [6, 6.07) is 1.86. The number of aryl methyl sites for hydroxylation is 1. The van der Waals surface area contributed by atoms with Crippen LogP contribution in [0.4, 0.5) is 10.1 Å². The van der Waals surface area contributed by atoms with E-state index in [1.807, 2.05) is 18.4 Å². The number of rotatable bonds is 6. The van der Waals surface area contributed by atoms with E-state index < -0.39 is 0 Å². The van der Waals surface area contributed by atoms with Crippen LogP contribution in [0.1, 0.15) is 47.6 Å². The first-order chi connectivity index (χ1) is 13.9. The quantitative estimate of drug-likeness (QED) is 0.724. The third kappa shape index (κ3) is 5.22. The van der Waals surface area contributed by atoms with Crippen molar-refractivity contribution in [3.05, 3.63) is 27.6 Å². The number of nitrogens with zero attached hydrogens (tertiary/aromatic N) is 2. The van der Waals surface area contributed by atoms with E-state index >= 15 is 0 Å². The van der Waals surface area contributed by atoms with E-state index in [1.54, 1.807) is 0 Å². The van der Waals surface area contributed by atoms with Crippen LogP contribution in [-0.2, 0) is 16.1 Å². The van der Waals surface area contributed by atoms with Crippen molar-refractivity contribution >= 4 is 44.6 Å². The zero-order chi connectivity index (χ0) is 20.5. The molecule has 1 aliphatic carbocycles. The molecule has 0 bridgehead atoms. The predicted octanol–water partition coefficient (Wildman–Crippen LogP) is 3.72. The van der Waals surface area contributed by atoms with E-state index in [4.69, 9.17) is 4.74 Å². The van der Waals surface area contributed by atoms with Gasteiger partial charge in [-0.05, 0) is 45.2 Å². The third-order valence-corrected chi connectivity index (χ3v) is 6.93. The molecular formula is C20H26N4O3S2. The highest BCUT2D eigenvalue weighted by Gasteiger charge is 2.30. The Balaban J connectivity index is 1.35. The minimum Gasteiger partial charge on any atom is -0.373 e. The summed E-state index contributed by atoms with van der Waals surface area (Å²) < 4.78 is 5.77. The molecule has 2 atom stereocenters. The average Bonchev–Trinajstić information content (AvgIpc) is 3.31. The lowest BCUT2D eigenvalue weighted by Crippen LogP contribution is -2.44. The first kappa shape index (κ1) is 20.5. The Morgan fingerprint density at radius 3 is 2.66 bits per heavy atom. The average molecular weight is 435 g/mol. The summed E-state index contributed by atoms with van der Waals surface area (Å²) in [7, 11) is 0. The van der Waals surface area contributed by atoms with Crippen LogP contribution in [0.5, 0.6) is 0 Å². The molecule has 2 fully saturated rings. The van der Waals surface area contributed by atoms with Gasteiger partial charge in [-0.3, -0.25) is 19.8 Å². The lowest BCUT2D eigenvalue weighted by atomic mass is 10.2. The number of thiazole rings is 1. The fourth-order valence-corrected chi connectivity index (χ4v) is 5.24. The van der Waals surface area contributed by atoms with E-state index in [0.29, 0.717) is 10.0 Å². The normalized spacial score (nSPS) is 22.4. The standard InChI is InChI=1S/C20H26N4O3S2/c1-11-6-16(22-18(25)14-4-5-14)29-17(11)19(26)23-20-21-15(10-28-20)9-24-7-12(2)27-13(3)8-24/h6,10,12-14H,4-5,7-9H2,1-3H3,(H,22,25)(H,21,23,26). The number of hydrogen-bond acceptors (Lipinski definition) is 7. The molecule has 29 heavy (non-hydrogen) atoms. The third-order valence-electron chi connectivity index (χ3n) is 4.97. The molecule has 0 radical (unpaired) electrons. The van der Waals surface area contributed by atoms with Gasteiger partial charge < -0.3 is 10.1 Å². The van der Waals surface area contributed by atoms with Crippen molar-refractivity contribution in [3.63, 3.8) is 0 Å². The molecule has 2 N–H and O–H groups in total. The van der Waals surface area contributed by atoms with Gasteiger partial charge in [0.15, 0.2) is 5.13 Å². The highest BCUT2D eigenvalue weighted by atomic mass is 32.1. The molecule has 2 amide bonds. The second-order valence-corrected chi connectivity index (χ2v) is 9.85. The Kier molecular flexibility index (Phi) is 6.00. The van der Waals surface area contributed by atoms with Crippen LogP contribution in [0.15, 0.2) is 11.4 Å². The number of aromatic nitrogens is 1. The number of carbonyl (C=O) groups excluding carboxylic acids is 2. The Morgan fingerprint density at radius 1 is 1.24 bits per heavy atom. The topological polar surface area (TPSA) is 83.6 Å². The summed E-state index contributed by atoms with van der Waals surface area (Å²) in [5.74, 6) is 0.00400. The van der Waals surface area contributed by atoms with Crippen LogP contribution in [0.3, 0.4) is 0 Å². The highest BCUT2D eigenvalue weighted by molar-refractivity contribution is 7.18. The number of ether oxygens (including phenoxy) is 1. The van der Waals surface area contributed by atoms with Gasteiger partial charge >= 0.3 is 0 Å². The maximum absolute atomic E-state index is 12.7. The monoisotopic (exact) mass is 434 g/mol. The minimum absolute atomic E-state index is 0.0505. The number of amides is 2. The van der Waals surface area contributed by atoms with Crippen LogP contribution in [0, 0.1) is 12.8 Å². The van der Waals surface area contributed by atoms with E-state index in [0.717, 1.165) is 48.7 Å². The second kappa shape index (κ2) is 8.51. The van der Waals surface area contributed by atoms with Crippen molar-refractivity contribution < 1.29 is 14.3 Å². The summed E-state index contributed by atoms with van der Waals surface area (Å²) in [6.07, 6.45) is 2.34. The summed E-state index contributed by atoms with van der Waals surface area (Å²) in [5.41, 5.74) is 1.80. The number of nitrogens with one attached hydrogen (secondary N) is 2. The number of carbonyl (C=O) groups is 2. The summed E-state index contributed by atoms with van der Waals surface area (Å²) >= 11 is 2.74. The smallest absolute Gasteiger partial charge is 0.267 e. The molecule has 1 saturated carbocycles. The predicted molar refractivity (Wildman–Crippen MR) is 116 cm³/mol. The Labute approximate surface area is 178 Å². The first-order valence-corrected chi connectivity index (χ1v) is 11.6. The van der Waals surface area contributed by atoms with Crippen molar-refractivity contribution in [3.8, 4) is 0 Å². The molecule has 2 aromatic rings. The maximum atomic E-state index is 12.7. The molecule has 0 spiro atoms. The molecule has 2 aliphatic rings. The van der Waals surface area contributed by atoms with Crippen molar-refractivity contribution in [1.82, 2.24) is 9.88 Å². The molecule has 7 nitrogen and oxygen atoms in total. The van der Waals surface area contributed by atoms with Gasteiger partial charge in [0.05, 0.1) is 27.8 Å². The molecule has 0 aromatic carbocycles. The van der Waals surface area contributed by atoms with Crippen LogP contribution >= 0.6 is 22.7 Å². The molecule has 1 aliphatic heterocycles.